The molecule has 0 radical (unpaired) electrons. The molecule has 7 nitrogen and oxygen atoms in total. The predicted molar refractivity (Wildman–Crippen MR) is 156 cm³/mol. The lowest BCUT2D eigenvalue weighted by Gasteiger charge is -2.43. The number of nitrogens with one attached hydrogen (secondary N) is 2. The van der Waals surface area contributed by atoms with Gasteiger partial charge in [0.2, 0.25) is 5.91 Å². The summed E-state index contributed by atoms with van der Waals surface area (Å²) >= 11 is 6.26. The van der Waals surface area contributed by atoms with Crippen LogP contribution in [0.2, 0.25) is 5.02 Å². The third kappa shape index (κ3) is 10.3. The Morgan fingerprint density at radius 3 is 2.42 bits per heavy atom. The number of benzene rings is 2. The van der Waals surface area contributed by atoms with Crippen molar-refractivity contribution in [2.24, 2.45) is 5.92 Å². The van der Waals surface area contributed by atoms with Crippen LogP contribution in [0.1, 0.15) is 62.9 Å². The Labute approximate surface area is 253 Å². The van der Waals surface area contributed by atoms with Crippen molar-refractivity contribution in [3.05, 3.63) is 58.1 Å². The van der Waals surface area contributed by atoms with Crippen LogP contribution in [0.3, 0.4) is 0 Å². The van der Waals surface area contributed by atoms with Gasteiger partial charge in [0.05, 0.1) is 35.4 Å². The largest absolute Gasteiger partial charge is 0.390 e. The summed E-state index contributed by atoms with van der Waals surface area (Å²) in [6, 6.07) is 6.80. The lowest BCUT2D eigenvalue weighted by molar-refractivity contribution is -0.139. The van der Waals surface area contributed by atoms with Gasteiger partial charge >= 0.3 is 6.18 Å². The Hall–Kier alpha value is -2.96. The van der Waals surface area contributed by atoms with Gasteiger partial charge in [-0.05, 0) is 50.5 Å². The van der Waals surface area contributed by atoms with E-state index in [1.807, 2.05) is 23.6 Å². The predicted octanol–water partition coefficient (Wildman–Crippen LogP) is 6.14. The van der Waals surface area contributed by atoms with Crippen LogP contribution in [0.25, 0.3) is 0 Å². The molecular formula is C30H38ClF5N4O3. The number of rotatable bonds is 11. The molecule has 13 heteroatoms. The maximum atomic E-state index is 15.0. The minimum absolute atomic E-state index is 0.113. The van der Waals surface area contributed by atoms with Crippen LogP contribution in [0, 0.1) is 17.6 Å². The summed E-state index contributed by atoms with van der Waals surface area (Å²) in [5, 5.41) is 15.1. The molecule has 2 amide bonds. The monoisotopic (exact) mass is 632 g/mol. The van der Waals surface area contributed by atoms with Crippen molar-refractivity contribution in [1.29, 1.82) is 0 Å². The number of carbonyl (C=O) groups excluding carboxylic acids is 2. The van der Waals surface area contributed by atoms with Gasteiger partial charge < -0.3 is 20.6 Å². The SMILES string of the molecule is CC(C)C[C@H]1CN(c2cc(Cl)ccc2NC(=O)c2ccc(CNC(=O)CC(C)(C)O)c(F)c2F)CCN1CCC(F)(F)F. The van der Waals surface area contributed by atoms with Crippen LogP contribution < -0.4 is 15.5 Å². The Kier molecular flexibility index (Phi) is 11.4. The second-order valence-electron chi connectivity index (χ2n) is 11.9. The highest BCUT2D eigenvalue weighted by Gasteiger charge is 2.33. The van der Waals surface area contributed by atoms with Crippen molar-refractivity contribution in [2.75, 3.05) is 36.4 Å². The van der Waals surface area contributed by atoms with Gasteiger partial charge in [0.25, 0.3) is 5.91 Å². The van der Waals surface area contributed by atoms with E-state index in [9.17, 15) is 36.6 Å². The number of anilines is 2. The van der Waals surface area contributed by atoms with Crippen molar-refractivity contribution < 1.29 is 36.6 Å². The first-order valence-electron chi connectivity index (χ1n) is 14.1. The molecule has 0 spiro atoms. The number of piperazine rings is 1. The fourth-order valence-electron chi connectivity index (χ4n) is 5.06. The molecular weight excluding hydrogens is 595 g/mol. The Morgan fingerprint density at radius 1 is 1.09 bits per heavy atom. The summed E-state index contributed by atoms with van der Waals surface area (Å²) in [6.07, 6.45) is -4.75. The third-order valence-electron chi connectivity index (χ3n) is 7.06. The van der Waals surface area contributed by atoms with E-state index < -0.39 is 47.2 Å². The third-order valence-corrected chi connectivity index (χ3v) is 7.29. The first-order chi connectivity index (χ1) is 19.9. The molecule has 0 aromatic heterocycles. The van der Waals surface area contributed by atoms with Gasteiger partial charge in [-0.2, -0.15) is 13.2 Å². The molecule has 2 aromatic carbocycles. The molecule has 3 rings (SSSR count). The second-order valence-corrected chi connectivity index (χ2v) is 12.3. The first kappa shape index (κ1) is 34.5. The molecule has 43 heavy (non-hydrogen) atoms. The van der Waals surface area contributed by atoms with Crippen molar-refractivity contribution in [3.63, 3.8) is 0 Å². The van der Waals surface area contributed by atoms with Gasteiger partial charge in [-0.25, -0.2) is 8.78 Å². The number of alkyl halides is 3. The molecule has 1 atom stereocenters. The summed E-state index contributed by atoms with van der Waals surface area (Å²) < 4.78 is 68.6. The van der Waals surface area contributed by atoms with Crippen molar-refractivity contribution in [2.45, 2.75) is 71.3 Å². The second kappa shape index (κ2) is 14.2. The Balaban J connectivity index is 1.77. The van der Waals surface area contributed by atoms with Gasteiger partial charge in [-0.3, -0.25) is 14.5 Å². The van der Waals surface area contributed by atoms with E-state index >= 15 is 0 Å². The molecule has 0 aliphatic carbocycles. The summed E-state index contributed by atoms with van der Waals surface area (Å²) in [4.78, 5) is 28.8. The number of hydrogen-bond acceptors (Lipinski definition) is 5. The zero-order valence-corrected chi connectivity index (χ0v) is 25.4. The van der Waals surface area contributed by atoms with Crippen LogP contribution in [0.4, 0.5) is 33.3 Å². The van der Waals surface area contributed by atoms with Crippen molar-refractivity contribution in [3.8, 4) is 0 Å². The van der Waals surface area contributed by atoms with E-state index in [4.69, 9.17) is 11.6 Å². The quantitative estimate of drug-likeness (QED) is 0.259. The molecule has 1 fully saturated rings. The van der Waals surface area contributed by atoms with Gasteiger partial charge in [0.15, 0.2) is 11.6 Å². The molecule has 2 aromatic rings. The Morgan fingerprint density at radius 2 is 1.79 bits per heavy atom. The lowest BCUT2D eigenvalue weighted by atomic mass is 9.99. The number of hydrogen-bond donors (Lipinski definition) is 3. The number of amides is 2. The minimum Gasteiger partial charge on any atom is -0.390 e. The molecule has 238 valence electrons. The molecule has 1 heterocycles. The summed E-state index contributed by atoms with van der Waals surface area (Å²) in [5.74, 6) is -3.93. The number of aliphatic hydroxyl groups is 1. The minimum atomic E-state index is -4.26. The summed E-state index contributed by atoms with van der Waals surface area (Å²) in [6.45, 7) is 7.53. The lowest BCUT2D eigenvalue weighted by Crippen LogP contribution is -2.54. The van der Waals surface area contributed by atoms with Crippen LogP contribution in [0.5, 0.6) is 0 Å². The van der Waals surface area contributed by atoms with E-state index in [1.165, 1.54) is 32.0 Å². The molecule has 0 unspecified atom stereocenters. The van der Waals surface area contributed by atoms with Crippen molar-refractivity contribution in [1.82, 2.24) is 10.2 Å². The van der Waals surface area contributed by atoms with Crippen molar-refractivity contribution >= 4 is 34.8 Å². The van der Waals surface area contributed by atoms with E-state index in [0.717, 1.165) is 6.07 Å². The molecule has 1 aliphatic heterocycles. The van der Waals surface area contributed by atoms with Gasteiger partial charge in [0.1, 0.15) is 0 Å². The molecule has 0 saturated carbocycles. The summed E-state index contributed by atoms with van der Waals surface area (Å²) in [7, 11) is 0. The zero-order valence-electron chi connectivity index (χ0n) is 24.6. The fraction of sp³-hybridized carbons (Fsp3) is 0.533. The van der Waals surface area contributed by atoms with Crippen LogP contribution in [0.15, 0.2) is 30.3 Å². The zero-order chi connectivity index (χ0) is 32.1. The van der Waals surface area contributed by atoms with E-state index in [1.54, 1.807) is 6.07 Å². The van der Waals surface area contributed by atoms with Gasteiger partial charge in [0, 0.05) is 49.4 Å². The normalized spacial score (nSPS) is 16.5. The molecule has 3 N–H and O–H groups in total. The number of nitrogens with zero attached hydrogens (tertiary/aromatic N) is 2. The van der Waals surface area contributed by atoms with Gasteiger partial charge in [-0.1, -0.05) is 31.5 Å². The average molecular weight is 633 g/mol. The Bertz CT molecular complexity index is 1300. The molecule has 0 bridgehead atoms. The number of carbonyl (C=O) groups is 2. The number of halogens is 6. The first-order valence-corrected chi connectivity index (χ1v) is 14.4. The van der Waals surface area contributed by atoms with E-state index in [0.29, 0.717) is 36.8 Å². The maximum Gasteiger partial charge on any atom is 0.390 e. The standard InChI is InChI=1S/C30H38ClF5N4O3/c1-18(2)13-21-17-40(12-11-39(21)10-9-30(34,35)36)24-14-20(31)6-8-23(24)38-28(42)22-7-5-19(26(32)27(22)33)16-37-25(41)15-29(3,4)43/h5-8,14,18,21,43H,9-13,15-17H2,1-4H3,(H,37,41)(H,38,42)/t21-/m0/s1. The average Bonchev–Trinajstić information content (AvgIpc) is 2.88. The highest BCUT2D eigenvalue weighted by Crippen LogP contribution is 2.33. The molecule has 1 saturated heterocycles. The smallest absolute Gasteiger partial charge is 0.390 e. The van der Waals surface area contributed by atoms with E-state index in [2.05, 4.69) is 10.6 Å². The molecule has 1 aliphatic rings. The summed E-state index contributed by atoms with van der Waals surface area (Å²) in [5.41, 5.74) is -1.21. The van der Waals surface area contributed by atoms with Gasteiger partial charge in [-0.15, -0.1) is 0 Å². The topological polar surface area (TPSA) is 84.9 Å². The highest BCUT2D eigenvalue weighted by atomic mass is 35.5. The maximum absolute atomic E-state index is 15.0. The highest BCUT2D eigenvalue weighted by molar-refractivity contribution is 6.31. The van der Waals surface area contributed by atoms with Crippen LogP contribution >= 0.6 is 11.6 Å². The van der Waals surface area contributed by atoms with E-state index in [-0.39, 0.29) is 42.7 Å². The fourth-order valence-corrected chi connectivity index (χ4v) is 5.22. The van der Waals surface area contributed by atoms with Crippen LogP contribution in [-0.2, 0) is 11.3 Å². The van der Waals surface area contributed by atoms with Crippen LogP contribution in [-0.4, -0.2) is 65.8 Å².